The molecule has 148 valence electrons. The SMILES string of the molecule is CCCCOC(Cc1cc(C(C)(C)C)c(O)c(C(C)(C)C)c1)O[P+](=O)O. The first-order valence-corrected chi connectivity index (χ1v) is 10.3. The lowest BCUT2D eigenvalue weighted by Crippen LogP contribution is -2.21. The first kappa shape index (κ1) is 23.0. The minimum atomic E-state index is -2.75. The molecule has 0 aliphatic carbocycles. The van der Waals surface area contributed by atoms with Crippen molar-refractivity contribution in [2.45, 2.75) is 84.8 Å². The van der Waals surface area contributed by atoms with Gasteiger partial charge in [0.1, 0.15) is 5.75 Å². The van der Waals surface area contributed by atoms with Gasteiger partial charge in [-0.2, -0.15) is 0 Å². The Hall–Kier alpha value is -1.00. The number of aromatic hydroxyl groups is 1. The minimum Gasteiger partial charge on any atom is -0.507 e. The van der Waals surface area contributed by atoms with Crippen molar-refractivity contribution in [2.75, 3.05) is 6.61 Å². The number of ether oxygens (including phenoxy) is 1. The zero-order valence-corrected chi connectivity index (χ0v) is 18.0. The van der Waals surface area contributed by atoms with Crippen molar-refractivity contribution in [1.29, 1.82) is 0 Å². The summed E-state index contributed by atoms with van der Waals surface area (Å²) >= 11 is 0. The molecule has 2 atom stereocenters. The van der Waals surface area contributed by atoms with E-state index in [2.05, 4.69) is 48.5 Å². The van der Waals surface area contributed by atoms with Crippen molar-refractivity contribution in [3.05, 3.63) is 28.8 Å². The molecule has 6 heteroatoms. The molecule has 0 aromatic heterocycles. The van der Waals surface area contributed by atoms with Crippen LogP contribution in [0.25, 0.3) is 0 Å². The van der Waals surface area contributed by atoms with Crippen molar-refractivity contribution < 1.29 is 23.8 Å². The van der Waals surface area contributed by atoms with Crippen LogP contribution in [0.15, 0.2) is 12.1 Å². The van der Waals surface area contributed by atoms with E-state index in [9.17, 15) is 9.67 Å². The Morgan fingerprint density at radius 1 is 1.08 bits per heavy atom. The molecule has 1 rings (SSSR count). The van der Waals surface area contributed by atoms with E-state index in [0.717, 1.165) is 29.5 Å². The summed E-state index contributed by atoms with van der Waals surface area (Å²) in [5.41, 5.74) is 2.14. The number of hydrogen-bond donors (Lipinski definition) is 2. The van der Waals surface area contributed by atoms with E-state index < -0.39 is 14.5 Å². The lowest BCUT2D eigenvalue weighted by Gasteiger charge is -2.28. The Morgan fingerprint density at radius 3 is 1.96 bits per heavy atom. The Morgan fingerprint density at radius 2 is 1.58 bits per heavy atom. The highest BCUT2D eigenvalue weighted by Crippen LogP contribution is 2.40. The Labute approximate surface area is 158 Å². The predicted molar refractivity (Wildman–Crippen MR) is 105 cm³/mol. The summed E-state index contributed by atoms with van der Waals surface area (Å²) in [6.07, 6.45) is 1.38. The summed E-state index contributed by atoms with van der Waals surface area (Å²) in [5.74, 6) is 0.311. The van der Waals surface area contributed by atoms with Crippen LogP contribution in [0.3, 0.4) is 0 Å². The smallest absolute Gasteiger partial charge is 0.507 e. The van der Waals surface area contributed by atoms with Crippen LogP contribution in [0.5, 0.6) is 5.75 Å². The van der Waals surface area contributed by atoms with Crippen LogP contribution < -0.4 is 0 Å². The molecule has 0 bridgehead atoms. The lowest BCUT2D eigenvalue weighted by atomic mass is 9.78. The van der Waals surface area contributed by atoms with E-state index in [1.807, 2.05) is 12.1 Å². The molecule has 1 aromatic carbocycles. The van der Waals surface area contributed by atoms with Gasteiger partial charge in [0.2, 0.25) is 6.29 Å². The van der Waals surface area contributed by atoms with Gasteiger partial charge in [0.05, 0.1) is 0 Å². The van der Waals surface area contributed by atoms with Gasteiger partial charge in [-0.15, -0.1) is 4.89 Å². The van der Waals surface area contributed by atoms with Gasteiger partial charge >= 0.3 is 8.25 Å². The molecule has 2 N–H and O–H groups in total. The molecule has 0 spiro atoms. The molecule has 0 aliphatic heterocycles. The second kappa shape index (κ2) is 9.27. The maximum absolute atomic E-state index is 11.1. The standard InChI is InChI=1S/C20H33O5P/c1-8-9-10-24-17(25-26(22)23)13-14-11-15(19(2,3)4)18(21)16(12-14)20(5,6)7/h11-12,17H,8-10,13H2,1-7H3,(H-,21,22,23)/p+1. The Kier molecular flexibility index (Phi) is 8.22. The Balaban J connectivity index is 3.25. The van der Waals surface area contributed by atoms with E-state index in [1.54, 1.807) is 0 Å². The molecule has 5 nitrogen and oxygen atoms in total. The summed E-state index contributed by atoms with van der Waals surface area (Å²) in [6, 6.07) is 3.88. The third-order valence-electron chi connectivity index (χ3n) is 4.20. The molecule has 1 aromatic rings. The quantitative estimate of drug-likeness (QED) is 0.359. The average Bonchev–Trinajstić information content (AvgIpc) is 2.46. The van der Waals surface area contributed by atoms with Crippen LogP contribution in [0.2, 0.25) is 0 Å². The number of phenols is 1. The van der Waals surface area contributed by atoms with Gasteiger partial charge in [-0.1, -0.05) is 71.5 Å². The minimum absolute atomic E-state index is 0.234. The molecule has 0 aliphatic rings. The van der Waals surface area contributed by atoms with Gasteiger partial charge in [-0.3, -0.25) is 0 Å². The van der Waals surface area contributed by atoms with Crippen molar-refractivity contribution >= 4 is 8.25 Å². The third-order valence-corrected chi connectivity index (χ3v) is 4.61. The maximum Gasteiger partial charge on any atom is 0.697 e. The lowest BCUT2D eigenvalue weighted by molar-refractivity contribution is -0.0803. The highest BCUT2D eigenvalue weighted by molar-refractivity contribution is 7.32. The predicted octanol–water partition coefficient (Wildman–Crippen LogP) is 5.34. The summed E-state index contributed by atoms with van der Waals surface area (Å²) in [6.45, 7) is 14.8. The van der Waals surface area contributed by atoms with Crippen LogP contribution in [0, 0.1) is 0 Å². The number of hydrogen-bond acceptors (Lipinski definition) is 4. The fourth-order valence-corrected chi connectivity index (χ4v) is 3.07. The van der Waals surface area contributed by atoms with Crippen LogP contribution in [-0.2, 0) is 31.1 Å². The normalized spacial score (nSPS) is 14.4. The molecule has 0 amide bonds. The van der Waals surface area contributed by atoms with Gasteiger partial charge in [-0.05, 0) is 33.9 Å². The van der Waals surface area contributed by atoms with Gasteiger partial charge in [0, 0.05) is 17.6 Å². The van der Waals surface area contributed by atoms with E-state index >= 15 is 0 Å². The molecule has 0 radical (unpaired) electrons. The number of phenolic OH excluding ortho intramolecular Hbond substituents is 1. The van der Waals surface area contributed by atoms with Crippen LogP contribution in [0.4, 0.5) is 0 Å². The van der Waals surface area contributed by atoms with E-state index in [0.29, 0.717) is 18.8 Å². The molecular formula is C20H34O5P+. The van der Waals surface area contributed by atoms with Crippen molar-refractivity contribution in [3.8, 4) is 5.75 Å². The Bertz CT molecular complexity index is 579. The van der Waals surface area contributed by atoms with Gasteiger partial charge < -0.3 is 9.84 Å². The van der Waals surface area contributed by atoms with Crippen molar-refractivity contribution in [1.82, 2.24) is 0 Å². The summed E-state index contributed by atoms with van der Waals surface area (Å²) in [7, 11) is -2.75. The summed E-state index contributed by atoms with van der Waals surface area (Å²) < 4.78 is 21.9. The molecule has 0 fully saturated rings. The van der Waals surface area contributed by atoms with E-state index in [4.69, 9.17) is 14.2 Å². The molecule has 0 saturated carbocycles. The van der Waals surface area contributed by atoms with Crippen LogP contribution in [-0.4, -0.2) is 22.9 Å². The number of benzene rings is 1. The summed E-state index contributed by atoms with van der Waals surface area (Å²) in [5, 5.41) is 10.8. The number of rotatable bonds is 8. The van der Waals surface area contributed by atoms with Crippen LogP contribution in [0.1, 0.15) is 78.0 Å². The fourth-order valence-electron chi connectivity index (χ4n) is 2.73. The van der Waals surface area contributed by atoms with Gasteiger partial charge in [0.25, 0.3) is 0 Å². The van der Waals surface area contributed by atoms with Crippen molar-refractivity contribution in [3.63, 3.8) is 0 Å². The molecule has 26 heavy (non-hydrogen) atoms. The highest BCUT2D eigenvalue weighted by atomic mass is 31.1. The third kappa shape index (κ3) is 6.96. The van der Waals surface area contributed by atoms with Crippen molar-refractivity contribution in [2.24, 2.45) is 0 Å². The largest absolute Gasteiger partial charge is 0.697 e. The summed E-state index contributed by atoms with van der Waals surface area (Å²) in [4.78, 5) is 9.14. The van der Waals surface area contributed by atoms with E-state index in [-0.39, 0.29) is 10.8 Å². The molecule has 0 saturated heterocycles. The monoisotopic (exact) mass is 385 g/mol. The zero-order valence-electron chi connectivity index (χ0n) is 17.1. The van der Waals surface area contributed by atoms with Gasteiger partial charge in [0.15, 0.2) is 0 Å². The van der Waals surface area contributed by atoms with Crippen LogP contribution >= 0.6 is 8.25 Å². The topological polar surface area (TPSA) is 76.0 Å². The van der Waals surface area contributed by atoms with Gasteiger partial charge in [-0.25, -0.2) is 0 Å². The average molecular weight is 385 g/mol. The molecular weight excluding hydrogens is 351 g/mol. The van der Waals surface area contributed by atoms with E-state index in [1.165, 1.54) is 0 Å². The fraction of sp³-hybridized carbons (Fsp3) is 0.700. The molecule has 2 unspecified atom stereocenters. The molecule has 0 heterocycles. The zero-order chi connectivity index (χ0) is 20.1. The first-order valence-electron chi connectivity index (χ1n) is 9.17. The second-order valence-electron chi connectivity index (χ2n) is 8.74. The first-order chi connectivity index (χ1) is 11.9. The maximum atomic E-state index is 11.1. The second-order valence-corrected chi connectivity index (χ2v) is 9.43. The number of unbranched alkanes of at least 4 members (excludes halogenated alkanes) is 1. The highest BCUT2D eigenvalue weighted by Gasteiger charge is 2.29.